The van der Waals surface area contributed by atoms with Crippen molar-refractivity contribution < 1.29 is 8.87 Å². The number of nitrogens with zero attached hydrogens (tertiary/aromatic N) is 2. The van der Waals surface area contributed by atoms with Crippen LogP contribution in [0.15, 0.2) is 24.3 Å². The highest BCUT2D eigenvalue weighted by Crippen LogP contribution is 2.28. The van der Waals surface area contributed by atoms with Crippen LogP contribution in [-0.2, 0) is 0 Å². The first kappa shape index (κ1) is 23.2. The van der Waals surface area contributed by atoms with E-state index in [1.807, 2.05) is 12.1 Å². The molecule has 0 aliphatic carbocycles. The maximum Gasteiger partial charge on any atom is 0.146 e. The highest BCUT2D eigenvalue weighted by molar-refractivity contribution is 5.48. The van der Waals surface area contributed by atoms with Crippen LogP contribution in [0.5, 0.6) is 0 Å². The second-order valence-electron chi connectivity index (χ2n) is 9.49. The molecule has 1 fully saturated rings. The van der Waals surface area contributed by atoms with Crippen molar-refractivity contribution in [3.05, 3.63) is 30.1 Å². The minimum Gasteiger partial charge on any atom is -0.366 e. The summed E-state index contributed by atoms with van der Waals surface area (Å²) in [6.07, 6.45) is 14.2. The van der Waals surface area contributed by atoms with E-state index in [4.69, 9.17) is 0 Å². The molecule has 0 spiro atoms. The maximum absolute atomic E-state index is 14.6. The summed E-state index contributed by atoms with van der Waals surface area (Å²) in [5, 5.41) is 0. The number of hydrogen-bond donors (Lipinski definition) is 0. The first-order valence-corrected chi connectivity index (χ1v) is 11.8. The lowest BCUT2D eigenvalue weighted by atomic mass is 9.96. The Kier molecular flexibility index (Phi) is 9.77. The van der Waals surface area contributed by atoms with Crippen LogP contribution in [0.2, 0.25) is 0 Å². The molecule has 160 valence electrons. The fraction of sp³-hybridized carbons (Fsp3) is 0.760. The Morgan fingerprint density at radius 2 is 1.79 bits per heavy atom. The quantitative estimate of drug-likeness (QED) is 0.280. The molecule has 1 aliphatic rings. The molecule has 0 bridgehead atoms. The largest absolute Gasteiger partial charge is 0.366 e. The van der Waals surface area contributed by atoms with Crippen LogP contribution >= 0.6 is 0 Å². The highest BCUT2D eigenvalue weighted by atomic mass is 19.1. The van der Waals surface area contributed by atoms with Crippen molar-refractivity contribution >= 4 is 5.69 Å². The van der Waals surface area contributed by atoms with E-state index in [9.17, 15) is 4.39 Å². The van der Waals surface area contributed by atoms with Crippen LogP contribution in [0.25, 0.3) is 0 Å². The van der Waals surface area contributed by atoms with Crippen molar-refractivity contribution in [3.8, 4) is 0 Å². The molecule has 1 aliphatic heterocycles. The van der Waals surface area contributed by atoms with Crippen LogP contribution in [0.1, 0.15) is 84.5 Å². The third-order valence-electron chi connectivity index (χ3n) is 6.88. The smallest absolute Gasteiger partial charge is 0.146 e. The Bertz CT molecular complexity index is 557. The maximum atomic E-state index is 14.6. The van der Waals surface area contributed by atoms with Gasteiger partial charge in [0, 0.05) is 19.0 Å². The lowest BCUT2D eigenvalue weighted by Gasteiger charge is -2.43. The van der Waals surface area contributed by atoms with E-state index in [2.05, 4.69) is 32.8 Å². The minimum absolute atomic E-state index is 0.0744. The molecule has 1 saturated heterocycles. The number of rotatable bonds is 12. The van der Waals surface area contributed by atoms with E-state index in [1.165, 1.54) is 64.3 Å². The molecule has 3 heteroatoms. The zero-order chi connectivity index (χ0) is 20.4. The van der Waals surface area contributed by atoms with Gasteiger partial charge in [-0.3, -0.25) is 0 Å². The third kappa shape index (κ3) is 7.06. The van der Waals surface area contributed by atoms with Crippen LogP contribution in [-0.4, -0.2) is 43.8 Å². The van der Waals surface area contributed by atoms with Gasteiger partial charge in [-0.1, -0.05) is 57.6 Å². The summed E-state index contributed by atoms with van der Waals surface area (Å²) in [7, 11) is 4.74. The predicted octanol–water partition coefficient (Wildman–Crippen LogP) is 6.79. The summed E-state index contributed by atoms with van der Waals surface area (Å²) >= 11 is 0. The van der Waals surface area contributed by atoms with Gasteiger partial charge < -0.3 is 9.38 Å². The summed E-state index contributed by atoms with van der Waals surface area (Å²) < 4.78 is 15.7. The average molecular weight is 392 g/mol. The Hall–Kier alpha value is -1.09. The van der Waals surface area contributed by atoms with E-state index in [0.29, 0.717) is 12.1 Å². The molecule has 2 atom stereocenters. The van der Waals surface area contributed by atoms with Crippen molar-refractivity contribution in [2.24, 2.45) is 0 Å². The van der Waals surface area contributed by atoms with Gasteiger partial charge in [0.2, 0.25) is 0 Å². The molecule has 28 heavy (non-hydrogen) atoms. The zero-order valence-corrected chi connectivity index (χ0v) is 18.9. The van der Waals surface area contributed by atoms with Crippen LogP contribution < -0.4 is 4.90 Å². The van der Waals surface area contributed by atoms with E-state index < -0.39 is 0 Å². The normalized spacial score (nSPS) is 20.1. The number of piperidine rings is 1. The van der Waals surface area contributed by atoms with Crippen LogP contribution in [0.3, 0.4) is 0 Å². The topological polar surface area (TPSA) is 3.24 Å². The molecule has 2 nitrogen and oxygen atoms in total. The molecule has 2 unspecified atom stereocenters. The van der Waals surface area contributed by atoms with Crippen molar-refractivity contribution in [1.29, 1.82) is 0 Å². The predicted molar refractivity (Wildman–Crippen MR) is 120 cm³/mol. The summed E-state index contributed by atoms with van der Waals surface area (Å²) in [6, 6.07) is 8.44. The number of halogens is 1. The van der Waals surface area contributed by atoms with Gasteiger partial charge in [0.05, 0.1) is 32.4 Å². The van der Waals surface area contributed by atoms with Crippen LogP contribution in [0, 0.1) is 5.82 Å². The number of likely N-dealkylation sites (tertiary alicyclic amines) is 1. The molecule has 2 rings (SSSR count). The van der Waals surface area contributed by atoms with Crippen LogP contribution in [0.4, 0.5) is 10.1 Å². The van der Waals surface area contributed by atoms with Gasteiger partial charge >= 0.3 is 0 Å². The van der Waals surface area contributed by atoms with Crippen molar-refractivity contribution in [1.82, 2.24) is 0 Å². The van der Waals surface area contributed by atoms with E-state index in [-0.39, 0.29) is 5.82 Å². The van der Waals surface area contributed by atoms with Gasteiger partial charge in [0.25, 0.3) is 0 Å². The number of anilines is 1. The second-order valence-corrected chi connectivity index (χ2v) is 9.49. The summed E-state index contributed by atoms with van der Waals surface area (Å²) in [5.41, 5.74) is 0.794. The number of unbranched alkanes of at least 4 members (excludes halogenated alkanes) is 5. The second kappa shape index (κ2) is 11.8. The van der Waals surface area contributed by atoms with Crippen molar-refractivity contribution in [3.63, 3.8) is 0 Å². The van der Waals surface area contributed by atoms with Gasteiger partial charge in [-0.2, -0.15) is 0 Å². The first-order valence-electron chi connectivity index (χ1n) is 11.8. The molecule has 0 amide bonds. The molecule has 0 N–H and O–H groups in total. The Morgan fingerprint density at radius 1 is 1.07 bits per heavy atom. The van der Waals surface area contributed by atoms with E-state index >= 15 is 0 Å². The lowest BCUT2D eigenvalue weighted by Crippen LogP contribution is -2.53. The van der Waals surface area contributed by atoms with E-state index in [1.54, 1.807) is 12.1 Å². The fourth-order valence-corrected chi connectivity index (χ4v) is 4.85. The molecule has 0 saturated carbocycles. The van der Waals surface area contributed by atoms with Crippen molar-refractivity contribution in [2.75, 3.05) is 32.1 Å². The highest BCUT2D eigenvalue weighted by Gasteiger charge is 2.32. The summed E-state index contributed by atoms with van der Waals surface area (Å²) in [4.78, 5) is 2.36. The summed E-state index contributed by atoms with van der Waals surface area (Å²) in [6.45, 7) is 6.79. The molecular weight excluding hydrogens is 347 g/mol. The Morgan fingerprint density at radius 3 is 2.50 bits per heavy atom. The van der Waals surface area contributed by atoms with Gasteiger partial charge in [-0.15, -0.1) is 0 Å². The van der Waals surface area contributed by atoms with Gasteiger partial charge in [-0.05, 0) is 44.7 Å². The number of hydrogen-bond acceptors (Lipinski definition) is 1. The lowest BCUT2D eigenvalue weighted by molar-refractivity contribution is -0.920. The molecule has 1 heterocycles. The summed E-state index contributed by atoms with van der Waals surface area (Å²) in [5.74, 6) is -0.0744. The molecule has 0 aromatic heterocycles. The first-order chi connectivity index (χ1) is 13.5. The number of benzene rings is 1. The fourth-order valence-electron chi connectivity index (χ4n) is 4.85. The standard InChI is InChI=1S/C25H44FN2/c1-5-6-7-8-9-10-15-22(2)27(25-18-12-11-17-24(25)26)20-19-23-16-13-14-21-28(23,3)4/h11-12,17-18,22-23H,5-10,13-16,19-21H2,1-4H3/q+1. The molecule has 1 aromatic carbocycles. The van der Waals surface area contributed by atoms with Gasteiger partial charge in [0.1, 0.15) is 5.82 Å². The molecular formula is C25H44FN2+. The van der Waals surface area contributed by atoms with Gasteiger partial charge in [-0.25, -0.2) is 4.39 Å². The third-order valence-corrected chi connectivity index (χ3v) is 6.88. The van der Waals surface area contributed by atoms with Crippen molar-refractivity contribution in [2.45, 2.75) is 96.6 Å². The number of quaternary nitrogens is 1. The Balaban J connectivity index is 1.96. The monoisotopic (exact) mass is 391 g/mol. The molecule has 0 radical (unpaired) electrons. The van der Waals surface area contributed by atoms with Gasteiger partial charge in [0.15, 0.2) is 0 Å². The SMILES string of the molecule is CCCCCCCCC(C)N(CCC1CCCC[N+]1(C)C)c1ccccc1F. The molecule has 1 aromatic rings. The average Bonchev–Trinajstić information content (AvgIpc) is 2.67. The minimum atomic E-state index is -0.0744. The van der Waals surface area contributed by atoms with E-state index in [0.717, 1.165) is 29.6 Å². The number of para-hydroxylation sites is 1. The zero-order valence-electron chi connectivity index (χ0n) is 18.9. The Labute approximate surface area is 173 Å².